The van der Waals surface area contributed by atoms with E-state index in [0.29, 0.717) is 12.4 Å². The summed E-state index contributed by atoms with van der Waals surface area (Å²) >= 11 is 0. The molecular weight excluding hydrogens is 254 g/mol. The van der Waals surface area contributed by atoms with Gasteiger partial charge >= 0.3 is 0 Å². The third-order valence-electron chi connectivity index (χ3n) is 2.19. The van der Waals surface area contributed by atoms with E-state index in [-0.39, 0.29) is 17.6 Å². The van der Waals surface area contributed by atoms with Gasteiger partial charge < -0.3 is 15.8 Å². The molecule has 0 saturated heterocycles. The largest absolute Gasteiger partial charge is 0.439 e. The van der Waals surface area contributed by atoms with Gasteiger partial charge in [-0.1, -0.05) is 0 Å². The second kappa shape index (κ2) is 5.47. The Labute approximate surface area is 108 Å². The molecule has 0 aliphatic carbocycles. The highest BCUT2D eigenvalue weighted by Gasteiger charge is 2.07. The van der Waals surface area contributed by atoms with Gasteiger partial charge in [0, 0.05) is 18.7 Å². The standard InChI is InChI=1S/C12H12F2N4O/c1-2-16-10-6-11(18-12(15)17-10)19-7-3-4-8(13)9(14)5-7/h3-6H,2H2,1H3,(H3,15,16,17,18). The maximum absolute atomic E-state index is 13.0. The topological polar surface area (TPSA) is 73.1 Å². The van der Waals surface area contributed by atoms with Gasteiger partial charge in [0.25, 0.3) is 0 Å². The van der Waals surface area contributed by atoms with E-state index in [1.165, 1.54) is 12.1 Å². The number of aromatic nitrogens is 2. The van der Waals surface area contributed by atoms with Crippen LogP contribution in [0.3, 0.4) is 0 Å². The van der Waals surface area contributed by atoms with Crippen LogP contribution < -0.4 is 15.8 Å². The van der Waals surface area contributed by atoms with Crippen LogP contribution in [0.25, 0.3) is 0 Å². The Balaban J connectivity index is 2.24. The van der Waals surface area contributed by atoms with Gasteiger partial charge in [0.05, 0.1) is 0 Å². The van der Waals surface area contributed by atoms with Gasteiger partial charge in [-0.15, -0.1) is 0 Å². The molecule has 0 fully saturated rings. The summed E-state index contributed by atoms with van der Waals surface area (Å²) in [6.45, 7) is 2.55. The molecule has 0 atom stereocenters. The molecule has 7 heteroatoms. The average Bonchev–Trinajstić information content (AvgIpc) is 2.33. The zero-order chi connectivity index (χ0) is 13.8. The van der Waals surface area contributed by atoms with E-state index in [2.05, 4.69) is 15.3 Å². The molecule has 0 radical (unpaired) electrons. The minimum Gasteiger partial charge on any atom is -0.439 e. The summed E-state index contributed by atoms with van der Waals surface area (Å²) in [7, 11) is 0. The highest BCUT2D eigenvalue weighted by molar-refractivity contribution is 5.43. The number of nitrogens with zero attached hydrogens (tertiary/aromatic N) is 2. The molecule has 0 amide bonds. The molecule has 19 heavy (non-hydrogen) atoms. The number of nitrogens with one attached hydrogen (secondary N) is 1. The molecule has 3 N–H and O–H groups in total. The fourth-order valence-electron chi connectivity index (χ4n) is 1.43. The summed E-state index contributed by atoms with van der Waals surface area (Å²) in [5, 5.41) is 2.95. The molecule has 2 aromatic rings. The molecule has 0 aliphatic rings. The molecule has 100 valence electrons. The van der Waals surface area contributed by atoms with Gasteiger partial charge in [0.1, 0.15) is 11.6 Å². The lowest BCUT2D eigenvalue weighted by Crippen LogP contribution is -2.04. The van der Waals surface area contributed by atoms with Gasteiger partial charge in [-0.25, -0.2) is 8.78 Å². The van der Waals surface area contributed by atoms with Gasteiger partial charge in [-0.05, 0) is 19.1 Å². The van der Waals surface area contributed by atoms with Crippen molar-refractivity contribution in [1.82, 2.24) is 9.97 Å². The van der Waals surface area contributed by atoms with Crippen LogP contribution in [0.2, 0.25) is 0 Å². The lowest BCUT2D eigenvalue weighted by Gasteiger charge is -2.08. The molecule has 2 rings (SSSR count). The molecule has 1 aromatic heterocycles. The Morgan fingerprint density at radius 2 is 2.00 bits per heavy atom. The molecule has 1 aromatic carbocycles. The molecule has 5 nitrogen and oxygen atoms in total. The maximum atomic E-state index is 13.0. The van der Waals surface area contributed by atoms with Crippen LogP contribution in [0.15, 0.2) is 24.3 Å². The number of hydrogen-bond donors (Lipinski definition) is 2. The number of ether oxygens (including phenoxy) is 1. The van der Waals surface area contributed by atoms with Crippen LogP contribution in [-0.2, 0) is 0 Å². The first-order chi connectivity index (χ1) is 9.08. The van der Waals surface area contributed by atoms with E-state index in [9.17, 15) is 8.78 Å². The first kappa shape index (κ1) is 13.0. The van der Waals surface area contributed by atoms with Gasteiger partial charge in [-0.3, -0.25) is 0 Å². The molecule has 0 aliphatic heterocycles. The molecular formula is C12H12F2N4O. The van der Waals surface area contributed by atoms with Crippen molar-refractivity contribution in [2.45, 2.75) is 6.92 Å². The van der Waals surface area contributed by atoms with E-state index >= 15 is 0 Å². The van der Waals surface area contributed by atoms with Crippen molar-refractivity contribution in [2.75, 3.05) is 17.6 Å². The van der Waals surface area contributed by atoms with E-state index in [4.69, 9.17) is 10.5 Å². The number of halogens is 2. The number of nitrogens with two attached hydrogens (primary N) is 1. The molecule has 0 unspecified atom stereocenters. The summed E-state index contributed by atoms with van der Waals surface area (Å²) in [4.78, 5) is 7.79. The molecule has 0 bridgehead atoms. The summed E-state index contributed by atoms with van der Waals surface area (Å²) < 4.78 is 31.1. The highest BCUT2D eigenvalue weighted by atomic mass is 19.2. The highest BCUT2D eigenvalue weighted by Crippen LogP contribution is 2.23. The number of benzene rings is 1. The monoisotopic (exact) mass is 266 g/mol. The van der Waals surface area contributed by atoms with E-state index in [1.807, 2.05) is 6.92 Å². The van der Waals surface area contributed by atoms with Crippen molar-refractivity contribution in [2.24, 2.45) is 0 Å². The second-order valence-corrected chi connectivity index (χ2v) is 3.66. The summed E-state index contributed by atoms with van der Waals surface area (Å²) in [5.74, 6) is -1.15. The number of anilines is 2. The SMILES string of the molecule is CCNc1cc(Oc2ccc(F)c(F)c2)nc(N)n1. The lowest BCUT2D eigenvalue weighted by atomic mass is 10.3. The first-order valence-corrected chi connectivity index (χ1v) is 5.60. The third-order valence-corrected chi connectivity index (χ3v) is 2.19. The van der Waals surface area contributed by atoms with Gasteiger partial charge in [-0.2, -0.15) is 9.97 Å². The fraction of sp³-hybridized carbons (Fsp3) is 0.167. The van der Waals surface area contributed by atoms with Crippen LogP contribution in [-0.4, -0.2) is 16.5 Å². The van der Waals surface area contributed by atoms with Crippen molar-refractivity contribution in [1.29, 1.82) is 0 Å². The zero-order valence-corrected chi connectivity index (χ0v) is 10.2. The molecule has 1 heterocycles. The van der Waals surface area contributed by atoms with Crippen molar-refractivity contribution in [3.8, 4) is 11.6 Å². The normalized spacial score (nSPS) is 10.3. The maximum Gasteiger partial charge on any atom is 0.226 e. The van der Waals surface area contributed by atoms with Crippen LogP contribution in [0, 0.1) is 11.6 Å². The Kier molecular flexibility index (Phi) is 3.74. The first-order valence-electron chi connectivity index (χ1n) is 5.60. The van der Waals surface area contributed by atoms with Crippen LogP contribution in [0.4, 0.5) is 20.5 Å². The zero-order valence-electron chi connectivity index (χ0n) is 10.2. The van der Waals surface area contributed by atoms with Crippen molar-refractivity contribution in [3.05, 3.63) is 35.9 Å². The minimum absolute atomic E-state index is 0.0241. The Morgan fingerprint density at radius 1 is 1.21 bits per heavy atom. The van der Waals surface area contributed by atoms with Crippen LogP contribution >= 0.6 is 0 Å². The summed E-state index contributed by atoms with van der Waals surface area (Å²) in [6.07, 6.45) is 0. The van der Waals surface area contributed by atoms with Crippen molar-refractivity contribution >= 4 is 11.8 Å². The third kappa shape index (κ3) is 3.27. The minimum atomic E-state index is -0.994. The Hall–Kier alpha value is -2.44. The Bertz CT molecular complexity index is 592. The quantitative estimate of drug-likeness (QED) is 0.889. The predicted molar refractivity (Wildman–Crippen MR) is 67.0 cm³/mol. The van der Waals surface area contributed by atoms with Gasteiger partial charge in [0.15, 0.2) is 11.6 Å². The van der Waals surface area contributed by atoms with E-state index in [1.54, 1.807) is 0 Å². The van der Waals surface area contributed by atoms with E-state index < -0.39 is 11.6 Å². The van der Waals surface area contributed by atoms with Crippen LogP contribution in [0.5, 0.6) is 11.6 Å². The number of hydrogen-bond acceptors (Lipinski definition) is 5. The Morgan fingerprint density at radius 3 is 2.68 bits per heavy atom. The van der Waals surface area contributed by atoms with Gasteiger partial charge in [0.2, 0.25) is 11.8 Å². The molecule has 0 spiro atoms. The second-order valence-electron chi connectivity index (χ2n) is 3.66. The summed E-state index contributed by atoms with van der Waals surface area (Å²) in [5.41, 5.74) is 5.52. The van der Waals surface area contributed by atoms with Crippen molar-refractivity contribution < 1.29 is 13.5 Å². The van der Waals surface area contributed by atoms with Crippen LogP contribution in [0.1, 0.15) is 6.92 Å². The fourth-order valence-corrected chi connectivity index (χ4v) is 1.43. The summed E-state index contributed by atoms with van der Waals surface area (Å²) in [6, 6.07) is 4.71. The van der Waals surface area contributed by atoms with E-state index in [0.717, 1.165) is 12.1 Å². The number of nitrogen functional groups attached to an aromatic ring is 1. The van der Waals surface area contributed by atoms with Crippen molar-refractivity contribution in [3.63, 3.8) is 0 Å². The lowest BCUT2D eigenvalue weighted by molar-refractivity contribution is 0.447. The average molecular weight is 266 g/mol. The smallest absolute Gasteiger partial charge is 0.226 e. The number of rotatable bonds is 4. The molecule has 0 saturated carbocycles. The predicted octanol–water partition coefficient (Wildman–Crippen LogP) is 2.56.